The van der Waals surface area contributed by atoms with E-state index in [0.29, 0.717) is 0 Å². The highest BCUT2D eigenvalue weighted by Gasteiger charge is 2.49. The van der Waals surface area contributed by atoms with Crippen molar-refractivity contribution in [2.45, 2.75) is 44.4 Å². The van der Waals surface area contributed by atoms with Crippen LogP contribution in [0.1, 0.15) is 48.3 Å². The summed E-state index contributed by atoms with van der Waals surface area (Å²) in [6.45, 7) is 0. The molecule has 1 N–H and O–H groups in total. The maximum absolute atomic E-state index is 11.7. The summed E-state index contributed by atoms with van der Waals surface area (Å²) in [5, 5.41) is 9.62. The highest BCUT2D eigenvalue weighted by atomic mass is 16.4. The smallest absolute Gasteiger partial charge is 0.303 e. The van der Waals surface area contributed by atoms with Crippen LogP contribution in [0.3, 0.4) is 0 Å². The molecule has 4 rings (SSSR count). The van der Waals surface area contributed by atoms with E-state index in [4.69, 9.17) is 0 Å². The van der Waals surface area contributed by atoms with Crippen LogP contribution in [0.15, 0.2) is 66.2 Å². The maximum Gasteiger partial charge on any atom is 0.303 e. The number of hydrogen-bond donors (Lipinski definition) is 1. The Labute approximate surface area is 149 Å². The predicted molar refractivity (Wildman–Crippen MR) is 99.7 cm³/mol. The van der Waals surface area contributed by atoms with Gasteiger partial charge in [-0.05, 0) is 48.8 Å². The zero-order valence-corrected chi connectivity index (χ0v) is 14.4. The van der Waals surface area contributed by atoms with Crippen molar-refractivity contribution in [1.29, 1.82) is 0 Å². The molecule has 128 valence electrons. The summed E-state index contributed by atoms with van der Waals surface area (Å²) >= 11 is 0. The molecule has 0 fully saturated rings. The van der Waals surface area contributed by atoms with E-state index in [1.54, 1.807) is 0 Å². The minimum absolute atomic E-state index is 0.0609. The first kappa shape index (κ1) is 16.1. The van der Waals surface area contributed by atoms with Crippen molar-refractivity contribution in [3.8, 4) is 0 Å². The lowest BCUT2D eigenvalue weighted by Crippen LogP contribution is -2.32. The van der Waals surface area contributed by atoms with E-state index in [1.807, 2.05) is 6.07 Å². The molecule has 0 saturated carbocycles. The molecule has 0 heterocycles. The number of aliphatic carboxylic acids is 1. The molecule has 0 saturated heterocycles. The first-order chi connectivity index (χ1) is 12.2. The number of allylic oxidation sites excluding steroid dienone is 2. The fraction of sp³-hybridized carbons (Fsp3) is 0.348. The molecule has 0 spiro atoms. The SMILES string of the molecule is O=C(O)CC1c2ccccc2CC1(Cc1ccccc1)C1=CCCC1. The largest absolute Gasteiger partial charge is 0.481 e. The minimum atomic E-state index is -0.697. The highest BCUT2D eigenvalue weighted by Crippen LogP contribution is 2.57. The van der Waals surface area contributed by atoms with Crippen LogP contribution < -0.4 is 0 Å². The van der Waals surface area contributed by atoms with Gasteiger partial charge in [-0.1, -0.05) is 66.2 Å². The minimum Gasteiger partial charge on any atom is -0.481 e. The topological polar surface area (TPSA) is 37.3 Å². The van der Waals surface area contributed by atoms with Gasteiger partial charge in [0.05, 0.1) is 6.42 Å². The van der Waals surface area contributed by atoms with Gasteiger partial charge < -0.3 is 5.11 Å². The van der Waals surface area contributed by atoms with Crippen LogP contribution in [0.2, 0.25) is 0 Å². The number of benzene rings is 2. The predicted octanol–water partition coefficient (Wildman–Crippen LogP) is 5.14. The number of carboxylic acids is 1. The number of fused-ring (bicyclic) bond motifs is 1. The average molecular weight is 332 g/mol. The zero-order valence-electron chi connectivity index (χ0n) is 14.4. The van der Waals surface area contributed by atoms with Crippen LogP contribution in [0.4, 0.5) is 0 Å². The molecule has 2 atom stereocenters. The first-order valence-corrected chi connectivity index (χ1v) is 9.22. The quantitative estimate of drug-likeness (QED) is 0.770. The van der Waals surface area contributed by atoms with E-state index in [1.165, 1.54) is 28.7 Å². The van der Waals surface area contributed by atoms with Crippen LogP contribution in [-0.2, 0) is 17.6 Å². The Morgan fingerprint density at radius 2 is 1.84 bits per heavy atom. The van der Waals surface area contributed by atoms with Crippen molar-refractivity contribution in [3.63, 3.8) is 0 Å². The lowest BCUT2D eigenvalue weighted by Gasteiger charge is -2.38. The van der Waals surface area contributed by atoms with Gasteiger partial charge in [0.2, 0.25) is 0 Å². The normalized spacial score (nSPS) is 24.8. The Kier molecular flexibility index (Phi) is 4.20. The van der Waals surface area contributed by atoms with Gasteiger partial charge in [-0.15, -0.1) is 0 Å². The Morgan fingerprint density at radius 1 is 1.08 bits per heavy atom. The van der Waals surface area contributed by atoms with Gasteiger partial charge in [-0.2, -0.15) is 0 Å². The second kappa shape index (κ2) is 6.51. The molecule has 0 aliphatic heterocycles. The fourth-order valence-electron chi connectivity index (χ4n) is 5.00. The number of carboxylic acid groups (broad SMARTS) is 1. The molecular weight excluding hydrogens is 308 g/mol. The molecule has 2 nitrogen and oxygen atoms in total. The highest BCUT2D eigenvalue weighted by molar-refractivity contribution is 5.69. The van der Waals surface area contributed by atoms with E-state index in [9.17, 15) is 9.90 Å². The van der Waals surface area contributed by atoms with E-state index in [0.717, 1.165) is 25.7 Å². The van der Waals surface area contributed by atoms with E-state index in [2.05, 4.69) is 54.6 Å². The Balaban J connectivity index is 1.83. The van der Waals surface area contributed by atoms with Gasteiger partial charge in [0.25, 0.3) is 0 Å². The van der Waals surface area contributed by atoms with Gasteiger partial charge in [-0.3, -0.25) is 4.79 Å². The standard InChI is InChI=1S/C23H24O2/c24-22(25)14-21-20-13-7-4-10-18(20)16-23(21,19-11-5-6-12-19)15-17-8-2-1-3-9-17/h1-4,7-11,13,21H,5-6,12,14-16H2,(H,24,25). The van der Waals surface area contributed by atoms with Crippen molar-refractivity contribution < 1.29 is 9.90 Å². The summed E-state index contributed by atoms with van der Waals surface area (Å²) in [6.07, 6.45) is 7.92. The Bertz CT molecular complexity index is 806. The first-order valence-electron chi connectivity index (χ1n) is 9.22. The summed E-state index contributed by atoms with van der Waals surface area (Å²) in [5.74, 6) is -0.636. The Morgan fingerprint density at radius 3 is 2.56 bits per heavy atom. The lowest BCUT2D eigenvalue weighted by molar-refractivity contribution is -0.138. The number of carbonyl (C=O) groups is 1. The zero-order chi connectivity index (χ0) is 17.3. The number of hydrogen-bond acceptors (Lipinski definition) is 1. The fourth-order valence-corrected chi connectivity index (χ4v) is 5.00. The molecule has 0 bridgehead atoms. The summed E-state index contributed by atoms with van der Waals surface area (Å²) in [4.78, 5) is 11.7. The summed E-state index contributed by atoms with van der Waals surface area (Å²) in [5.41, 5.74) is 5.28. The van der Waals surface area contributed by atoms with E-state index >= 15 is 0 Å². The average Bonchev–Trinajstić information content (AvgIpc) is 3.24. The summed E-state index contributed by atoms with van der Waals surface area (Å²) < 4.78 is 0. The Hall–Kier alpha value is -2.35. The van der Waals surface area contributed by atoms with E-state index < -0.39 is 5.97 Å². The van der Waals surface area contributed by atoms with Crippen molar-refractivity contribution in [2.24, 2.45) is 5.41 Å². The number of rotatable bonds is 5. The molecule has 2 aromatic rings. The van der Waals surface area contributed by atoms with Gasteiger partial charge in [0, 0.05) is 11.3 Å². The molecule has 0 aromatic heterocycles. The third kappa shape index (κ3) is 2.90. The van der Waals surface area contributed by atoms with Crippen molar-refractivity contribution in [1.82, 2.24) is 0 Å². The molecule has 2 aromatic carbocycles. The van der Waals surface area contributed by atoms with Crippen molar-refractivity contribution in [2.75, 3.05) is 0 Å². The monoisotopic (exact) mass is 332 g/mol. The van der Waals surface area contributed by atoms with Gasteiger partial charge in [0.1, 0.15) is 0 Å². The van der Waals surface area contributed by atoms with Crippen molar-refractivity contribution in [3.05, 3.63) is 82.9 Å². The third-order valence-electron chi connectivity index (χ3n) is 6.03. The molecule has 2 aliphatic rings. The molecule has 25 heavy (non-hydrogen) atoms. The van der Waals surface area contributed by atoms with Crippen LogP contribution in [0.5, 0.6) is 0 Å². The molecule has 2 heteroatoms. The molecule has 2 aliphatic carbocycles. The molecule has 0 radical (unpaired) electrons. The van der Waals surface area contributed by atoms with Crippen molar-refractivity contribution >= 4 is 5.97 Å². The molecule has 0 amide bonds. The van der Waals surface area contributed by atoms with E-state index in [-0.39, 0.29) is 17.8 Å². The second-order valence-corrected chi connectivity index (χ2v) is 7.47. The molecule has 2 unspecified atom stereocenters. The second-order valence-electron chi connectivity index (χ2n) is 7.47. The van der Waals surface area contributed by atoms with Gasteiger partial charge >= 0.3 is 5.97 Å². The summed E-state index contributed by atoms with van der Waals surface area (Å²) in [6, 6.07) is 19.0. The van der Waals surface area contributed by atoms with Gasteiger partial charge in [-0.25, -0.2) is 0 Å². The van der Waals surface area contributed by atoms with Crippen LogP contribution in [0, 0.1) is 5.41 Å². The third-order valence-corrected chi connectivity index (χ3v) is 6.03. The van der Waals surface area contributed by atoms with Gasteiger partial charge in [0.15, 0.2) is 0 Å². The maximum atomic E-state index is 11.7. The van der Waals surface area contributed by atoms with Crippen LogP contribution in [-0.4, -0.2) is 11.1 Å². The molecular formula is C23H24O2. The lowest BCUT2D eigenvalue weighted by atomic mass is 9.65. The van der Waals surface area contributed by atoms with Crippen LogP contribution >= 0.6 is 0 Å². The van der Waals surface area contributed by atoms with Crippen LogP contribution in [0.25, 0.3) is 0 Å². The summed E-state index contributed by atoms with van der Waals surface area (Å²) in [7, 11) is 0.